The molecule has 1 N–H and O–H groups in total. The summed E-state index contributed by atoms with van der Waals surface area (Å²) >= 11 is 1.42. The summed E-state index contributed by atoms with van der Waals surface area (Å²) < 4.78 is 5.74. The summed E-state index contributed by atoms with van der Waals surface area (Å²) in [5.41, 5.74) is 3.57. The van der Waals surface area contributed by atoms with Crippen LogP contribution in [0.15, 0.2) is 82.4 Å². The topological polar surface area (TPSA) is 98.3 Å². The Morgan fingerprint density at radius 1 is 1.13 bits per heavy atom. The lowest BCUT2D eigenvalue weighted by Gasteiger charge is -2.16. The van der Waals surface area contributed by atoms with Gasteiger partial charge in [0.1, 0.15) is 5.52 Å². The number of oxazole rings is 1. The summed E-state index contributed by atoms with van der Waals surface area (Å²) in [6, 6.07) is 20.8. The molecule has 7 nitrogen and oxygen atoms in total. The Balaban J connectivity index is 1.47. The molecule has 0 aliphatic heterocycles. The first-order valence-corrected chi connectivity index (χ1v) is 10.6. The predicted octanol–water partition coefficient (Wildman–Crippen LogP) is 5.52. The number of rotatable bonds is 7. The number of thioether (sulfide) groups is 1. The lowest BCUT2D eigenvalue weighted by molar-refractivity contribution is -0.384. The number of hydrogen-bond donors (Lipinski definition) is 1. The van der Waals surface area contributed by atoms with E-state index >= 15 is 0 Å². The molecule has 1 atom stereocenters. The van der Waals surface area contributed by atoms with Gasteiger partial charge in [0.2, 0.25) is 0 Å². The standard InChI is InChI=1S/C23H19N3O4S/c1-15(16-8-6-9-18(13-16)26(28)29)24-22(27)19-10-3-2-7-17(19)14-31-23-25-20-11-4-5-12-21(20)30-23/h2-13,15H,14H2,1H3,(H,24,27). The third-order valence-corrected chi connectivity index (χ3v) is 5.69. The van der Waals surface area contributed by atoms with Gasteiger partial charge in [0.15, 0.2) is 5.58 Å². The van der Waals surface area contributed by atoms with Crippen LogP contribution in [0.4, 0.5) is 5.69 Å². The minimum atomic E-state index is -0.448. The van der Waals surface area contributed by atoms with Gasteiger partial charge in [-0.15, -0.1) is 0 Å². The molecular weight excluding hydrogens is 414 g/mol. The molecule has 1 aromatic heterocycles. The summed E-state index contributed by atoms with van der Waals surface area (Å²) in [5, 5.41) is 14.5. The van der Waals surface area contributed by atoms with Crippen molar-refractivity contribution in [2.75, 3.05) is 0 Å². The van der Waals surface area contributed by atoms with Crippen molar-refractivity contribution in [3.05, 3.63) is 99.6 Å². The Morgan fingerprint density at radius 2 is 1.90 bits per heavy atom. The number of non-ortho nitro benzene ring substituents is 1. The van der Waals surface area contributed by atoms with Crippen molar-refractivity contribution in [2.45, 2.75) is 23.9 Å². The van der Waals surface area contributed by atoms with Crippen LogP contribution in [0.1, 0.15) is 34.5 Å². The third-order valence-electron chi connectivity index (χ3n) is 4.82. The van der Waals surface area contributed by atoms with E-state index in [1.807, 2.05) is 36.4 Å². The summed E-state index contributed by atoms with van der Waals surface area (Å²) in [5.74, 6) is 0.273. The van der Waals surface area contributed by atoms with Crippen LogP contribution in [0.2, 0.25) is 0 Å². The Hall–Kier alpha value is -3.65. The maximum absolute atomic E-state index is 12.9. The number of carbonyl (C=O) groups excluding carboxylic acids is 1. The van der Waals surface area contributed by atoms with Gasteiger partial charge in [-0.3, -0.25) is 14.9 Å². The van der Waals surface area contributed by atoms with E-state index in [-0.39, 0.29) is 17.6 Å². The number of nitro benzene ring substituents is 1. The molecule has 1 heterocycles. The Morgan fingerprint density at radius 3 is 2.71 bits per heavy atom. The predicted molar refractivity (Wildman–Crippen MR) is 119 cm³/mol. The lowest BCUT2D eigenvalue weighted by Crippen LogP contribution is -2.27. The molecule has 0 aliphatic rings. The zero-order chi connectivity index (χ0) is 21.8. The molecule has 3 aromatic carbocycles. The van der Waals surface area contributed by atoms with Crippen LogP contribution in [0.5, 0.6) is 0 Å². The van der Waals surface area contributed by atoms with Crippen LogP contribution in [-0.4, -0.2) is 15.8 Å². The van der Waals surface area contributed by atoms with Crippen LogP contribution in [0.25, 0.3) is 11.1 Å². The number of aromatic nitrogens is 1. The molecule has 0 saturated carbocycles. The number of fused-ring (bicyclic) bond motifs is 1. The quantitative estimate of drug-likeness (QED) is 0.234. The largest absolute Gasteiger partial charge is 0.431 e. The van der Waals surface area contributed by atoms with Crippen LogP contribution < -0.4 is 5.32 Å². The molecule has 0 bridgehead atoms. The van der Waals surface area contributed by atoms with E-state index in [4.69, 9.17) is 4.42 Å². The number of hydrogen-bond acceptors (Lipinski definition) is 6. The first kappa shape index (κ1) is 20.6. The fourth-order valence-electron chi connectivity index (χ4n) is 3.19. The maximum Gasteiger partial charge on any atom is 0.269 e. The highest BCUT2D eigenvalue weighted by atomic mass is 32.2. The molecule has 4 aromatic rings. The van der Waals surface area contributed by atoms with Gasteiger partial charge >= 0.3 is 0 Å². The Labute approximate surface area is 182 Å². The van der Waals surface area contributed by atoms with E-state index < -0.39 is 4.92 Å². The highest BCUT2D eigenvalue weighted by molar-refractivity contribution is 7.98. The Bertz CT molecular complexity index is 1220. The summed E-state index contributed by atoms with van der Waals surface area (Å²) in [6.45, 7) is 1.80. The van der Waals surface area contributed by atoms with Gasteiger partial charge in [0, 0.05) is 23.4 Å². The van der Waals surface area contributed by atoms with Gasteiger partial charge in [-0.2, -0.15) is 0 Å². The van der Waals surface area contributed by atoms with Crippen molar-refractivity contribution in [3.8, 4) is 0 Å². The number of para-hydroxylation sites is 2. The molecule has 0 radical (unpaired) electrons. The summed E-state index contributed by atoms with van der Waals surface area (Å²) in [4.78, 5) is 27.9. The molecule has 0 fully saturated rings. The van der Waals surface area contributed by atoms with Crippen molar-refractivity contribution in [3.63, 3.8) is 0 Å². The molecule has 156 valence electrons. The van der Waals surface area contributed by atoms with Gasteiger partial charge in [-0.05, 0) is 36.2 Å². The fraction of sp³-hybridized carbons (Fsp3) is 0.130. The van der Waals surface area contributed by atoms with Crippen LogP contribution in [0, 0.1) is 10.1 Å². The van der Waals surface area contributed by atoms with Crippen molar-refractivity contribution in [2.24, 2.45) is 0 Å². The highest BCUT2D eigenvalue weighted by Crippen LogP contribution is 2.27. The minimum absolute atomic E-state index is 0.00580. The van der Waals surface area contributed by atoms with E-state index in [0.717, 1.165) is 16.7 Å². The number of nitrogens with zero attached hydrogens (tertiary/aromatic N) is 2. The molecule has 1 unspecified atom stereocenters. The maximum atomic E-state index is 12.9. The van der Waals surface area contributed by atoms with E-state index in [2.05, 4.69) is 10.3 Å². The molecule has 4 rings (SSSR count). The number of amides is 1. The van der Waals surface area contributed by atoms with Gasteiger partial charge < -0.3 is 9.73 Å². The zero-order valence-corrected chi connectivity index (χ0v) is 17.5. The van der Waals surface area contributed by atoms with Crippen molar-refractivity contribution < 1.29 is 14.1 Å². The first-order chi connectivity index (χ1) is 15.0. The van der Waals surface area contributed by atoms with Crippen molar-refractivity contribution in [1.82, 2.24) is 10.3 Å². The fourth-order valence-corrected chi connectivity index (χ4v) is 4.03. The second-order valence-corrected chi connectivity index (χ2v) is 7.87. The molecule has 0 saturated heterocycles. The monoisotopic (exact) mass is 433 g/mol. The van der Waals surface area contributed by atoms with Gasteiger partial charge in [-0.25, -0.2) is 4.98 Å². The van der Waals surface area contributed by atoms with Crippen molar-refractivity contribution >= 4 is 34.5 Å². The zero-order valence-electron chi connectivity index (χ0n) is 16.6. The molecule has 31 heavy (non-hydrogen) atoms. The average molecular weight is 433 g/mol. The highest BCUT2D eigenvalue weighted by Gasteiger charge is 2.17. The number of nitro groups is 1. The molecular formula is C23H19N3O4S. The number of carbonyl (C=O) groups is 1. The van der Waals surface area contributed by atoms with E-state index in [1.165, 1.54) is 23.9 Å². The first-order valence-electron chi connectivity index (χ1n) is 9.63. The van der Waals surface area contributed by atoms with Crippen LogP contribution >= 0.6 is 11.8 Å². The summed E-state index contributed by atoms with van der Waals surface area (Å²) in [7, 11) is 0. The van der Waals surface area contributed by atoms with E-state index in [0.29, 0.717) is 22.1 Å². The van der Waals surface area contributed by atoms with Crippen LogP contribution in [0.3, 0.4) is 0 Å². The minimum Gasteiger partial charge on any atom is -0.431 e. The van der Waals surface area contributed by atoms with Crippen molar-refractivity contribution in [1.29, 1.82) is 0 Å². The number of nitrogens with one attached hydrogen (secondary N) is 1. The second-order valence-electron chi connectivity index (χ2n) is 6.94. The molecule has 8 heteroatoms. The van der Waals surface area contributed by atoms with E-state index in [1.54, 1.807) is 31.2 Å². The second kappa shape index (κ2) is 9.01. The smallest absolute Gasteiger partial charge is 0.269 e. The van der Waals surface area contributed by atoms with E-state index in [9.17, 15) is 14.9 Å². The van der Waals surface area contributed by atoms with Gasteiger partial charge in [0.05, 0.1) is 11.0 Å². The van der Waals surface area contributed by atoms with Crippen LogP contribution in [-0.2, 0) is 5.75 Å². The average Bonchev–Trinajstić information content (AvgIpc) is 3.21. The van der Waals surface area contributed by atoms with Gasteiger partial charge in [-0.1, -0.05) is 54.2 Å². The lowest BCUT2D eigenvalue weighted by atomic mass is 10.1. The van der Waals surface area contributed by atoms with Gasteiger partial charge in [0.25, 0.3) is 16.8 Å². The summed E-state index contributed by atoms with van der Waals surface area (Å²) in [6.07, 6.45) is 0. The molecule has 1 amide bonds. The molecule has 0 aliphatic carbocycles. The SMILES string of the molecule is CC(NC(=O)c1ccccc1CSc1nc2ccccc2o1)c1cccc([N+](=O)[O-])c1. The number of benzene rings is 3. The molecule has 0 spiro atoms. The normalized spacial score (nSPS) is 11.9. The Kier molecular flexibility index (Phi) is 5.99. The third kappa shape index (κ3) is 4.75.